The van der Waals surface area contributed by atoms with E-state index in [4.69, 9.17) is 9.15 Å². The van der Waals surface area contributed by atoms with Crippen LogP contribution in [0.15, 0.2) is 59.0 Å². The standard InChI is InChI=1S/C19H21NO2/c1-3-21-17-9-6-7-15(11-17)13-20-14(2)19-12-16-8-4-5-10-18(16)22-19/h4-12,14,20H,3,13H2,1-2H3. The van der Waals surface area contributed by atoms with Gasteiger partial charge in [-0.25, -0.2) is 0 Å². The molecule has 0 saturated carbocycles. The smallest absolute Gasteiger partial charge is 0.134 e. The fourth-order valence-electron chi connectivity index (χ4n) is 2.50. The summed E-state index contributed by atoms with van der Waals surface area (Å²) in [6.07, 6.45) is 0. The van der Waals surface area contributed by atoms with Gasteiger partial charge in [-0.15, -0.1) is 0 Å². The first-order chi connectivity index (χ1) is 10.8. The lowest BCUT2D eigenvalue weighted by molar-refractivity contribution is 0.339. The predicted octanol–water partition coefficient (Wildman–Crippen LogP) is 4.68. The number of ether oxygens (including phenoxy) is 1. The van der Waals surface area contributed by atoms with Crippen LogP contribution >= 0.6 is 0 Å². The number of nitrogens with one attached hydrogen (secondary N) is 1. The minimum absolute atomic E-state index is 0.156. The maximum Gasteiger partial charge on any atom is 0.134 e. The van der Waals surface area contributed by atoms with E-state index in [-0.39, 0.29) is 6.04 Å². The summed E-state index contributed by atoms with van der Waals surface area (Å²) in [7, 11) is 0. The van der Waals surface area contributed by atoms with Crippen LogP contribution in [0, 0.1) is 0 Å². The molecule has 1 unspecified atom stereocenters. The molecule has 0 aliphatic rings. The molecule has 22 heavy (non-hydrogen) atoms. The Hall–Kier alpha value is -2.26. The lowest BCUT2D eigenvalue weighted by Gasteiger charge is -2.12. The number of para-hydroxylation sites is 1. The van der Waals surface area contributed by atoms with Crippen LogP contribution in [0.5, 0.6) is 5.75 Å². The highest BCUT2D eigenvalue weighted by molar-refractivity contribution is 5.77. The van der Waals surface area contributed by atoms with Crippen molar-refractivity contribution in [2.45, 2.75) is 26.4 Å². The zero-order valence-electron chi connectivity index (χ0n) is 13.0. The van der Waals surface area contributed by atoms with E-state index < -0.39 is 0 Å². The Bertz CT molecular complexity index is 715. The highest BCUT2D eigenvalue weighted by Gasteiger charge is 2.11. The van der Waals surface area contributed by atoms with Crippen molar-refractivity contribution in [2.75, 3.05) is 6.61 Å². The SMILES string of the molecule is CCOc1cccc(CNC(C)c2cc3ccccc3o2)c1. The molecule has 0 amide bonds. The molecule has 1 aromatic heterocycles. The molecular formula is C19H21NO2. The third kappa shape index (κ3) is 3.31. The van der Waals surface area contributed by atoms with Crippen molar-refractivity contribution in [2.24, 2.45) is 0 Å². The summed E-state index contributed by atoms with van der Waals surface area (Å²) < 4.78 is 11.4. The van der Waals surface area contributed by atoms with Gasteiger partial charge in [0.2, 0.25) is 0 Å². The summed E-state index contributed by atoms with van der Waals surface area (Å²) >= 11 is 0. The molecule has 0 bridgehead atoms. The molecular weight excluding hydrogens is 274 g/mol. The number of furan rings is 1. The molecule has 3 rings (SSSR count). The van der Waals surface area contributed by atoms with E-state index in [0.717, 1.165) is 29.0 Å². The van der Waals surface area contributed by atoms with E-state index in [1.54, 1.807) is 0 Å². The third-order valence-electron chi connectivity index (χ3n) is 3.69. The highest BCUT2D eigenvalue weighted by atomic mass is 16.5. The van der Waals surface area contributed by atoms with Gasteiger partial charge in [-0.2, -0.15) is 0 Å². The molecule has 0 fully saturated rings. The number of rotatable bonds is 6. The summed E-state index contributed by atoms with van der Waals surface area (Å²) in [6, 6.07) is 18.5. The van der Waals surface area contributed by atoms with Gasteiger partial charge in [0.05, 0.1) is 12.6 Å². The quantitative estimate of drug-likeness (QED) is 0.717. The topological polar surface area (TPSA) is 34.4 Å². The molecule has 2 aromatic carbocycles. The Morgan fingerprint density at radius 2 is 1.95 bits per heavy atom. The van der Waals surface area contributed by atoms with Gasteiger partial charge in [0.15, 0.2) is 0 Å². The molecule has 1 atom stereocenters. The molecule has 0 aliphatic heterocycles. The van der Waals surface area contributed by atoms with Gasteiger partial charge in [0.25, 0.3) is 0 Å². The average Bonchev–Trinajstić information content (AvgIpc) is 2.97. The maximum atomic E-state index is 5.89. The summed E-state index contributed by atoms with van der Waals surface area (Å²) in [5.74, 6) is 1.88. The van der Waals surface area contributed by atoms with Gasteiger partial charge in [-0.05, 0) is 43.7 Å². The van der Waals surface area contributed by atoms with Crippen molar-refractivity contribution in [3.8, 4) is 5.75 Å². The van der Waals surface area contributed by atoms with Crippen molar-refractivity contribution in [1.29, 1.82) is 0 Å². The Balaban J connectivity index is 1.66. The Kier molecular flexibility index (Phi) is 4.45. The van der Waals surface area contributed by atoms with Crippen LogP contribution in [0.2, 0.25) is 0 Å². The Morgan fingerprint density at radius 3 is 2.77 bits per heavy atom. The van der Waals surface area contributed by atoms with Crippen LogP contribution in [0.25, 0.3) is 11.0 Å². The lowest BCUT2D eigenvalue weighted by atomic mass is 10.2. The normalized spacial score (nSPS) is 12.5. The van der Waals surface area contributed by atoms with Crippen molar-refractivity contribution < 1.29 is 9.15 Å². The average molecular weight is 295 g/mol. The van der Waals surface area contributed by atoms with Crippen LogP contribution in [-0.4, -0.2) is 6.61 Å². The van der Waals surface area contributed by atoms with Gasteiger partial charge >= 0.3 is 0 Å². The van der Waals surface area contributed by atoms with Crippen molar-refractivity contribution >= 4 is 11.0 Å². The van der Waals surface area contributed by atoms with E-state index in [0.29, 0.717) is 6.61 Å². The van der Waals surface area contributed by atoms with E-state index in [1.807, 2.05) is 37.3 Å². The van der Waals surface area contributed by atoms with Crippen molar-refractivity contribution in [3.05, 3.63) is 65.9 Å². The van der Waals surface area contributed by atoms with Gasteiger partial charge in [-0.1, -0.05) is 30.3 Å². The van der Waals surface area contributed by atoms with Crippen LogP contribution in [0.3, 0.4) is 0 Å². The first-order valence-electron chi connectivity index (χ1n) is 7.70. The van der Waals surface area contributed by atoms with Gasteiger partial charge < -0.3 is 14.5 Å². The molecule has 0 aliphatic carbocycles. The number of hydrogen-bond donors (Lipinski definition) is 1. The minimum Gasteiger partial charge on any atom is -0.494 e. The summed E-state index contributed by atoms with van der Waals surface area (Å²) in [5.41, 5.74) is 2.14. The fraction of sp³-hybridized carbons (Fsp3) is 0.263. The minimum atomic E-state index is 0.156. The maximum absolute atomic E-state index is 5.89. The second-order valence-corrected chi connectivity index (χ2v) is 5.37. The summed E-state index contributed by atoms with van der Waals surface area (Å²) in [6.45, 7) is 5.57. The molecule has 3 nitrogen and oxygen atoms in total. The molecule has 1 N–H and O–H groups in total. The van der Waals surface area contributed by atoms with E-state index in [2.05, 4.69) is 36.5 Å². The molecule has 114 valence electrons. The largest absolute Gasteiger partial charge is 0.494 e. The number of benzene rings is 2. The summed E-state index contributed by atoms with van der Waals surface area (Å²) in [5, 5.41) is 4.64. The first-order valence-corrected chi connectivity index (χ1v) is 7.70. The van der Waals surface area contributed by atoms with Crippen LogP contribution in [-0.2, 0) is 6.54 Å². The highest BCUT2D eigenvalue weighted by Crippen LogP contribution is 2.24. The Morgan fingerprint density at radius 1 is 1.09 bits per heavy atom. The zero-order valence-corrected chi connectivity index (χ0v) is 13.0. The van der Waals surface area contributed by atoms with Crippen LogP contribution in [0.4, 0.5) is 0 Å². The zero-order chi connectivity index (χ0) is 15.4. The molecule has 0 radical (unpaired) electrons. The second-order valence-electron chi connectivity index (χ2n) is 5.37. The van der Waals surface area contributed by atoms with Gasteiger partial charge in [0, 0.05) is 11.9 Å². The van der Waals surface area contributed by atoms with Crippen molar-refractivity contribution in [3.63, 3.8) is 0 Å². The van der Waals surface area contributed by atoms with Gasteiger partial charge in [-0.3, -0.25) is 0 Å². The lowest BCUT2D eigenvalue weighted by Crippen LogP contribution is -2.17. The fourth-order valence-corrected chi connectivity index (χ4v) is 2.50. The van der Waals surface area contributed by atoms with E-state index in [1.165, 1.54) is 5.56 Å². The van der Waals surface area contributed by atoms with Crippen LogP contribution in [0.1, 0.15) is 31.2 Å². The molecule has 3 aromatic rings. The second kappa shape index (κ2) is 6.67. The monoisotopic (exact) mass is 295 g/mol. The van der Waals surface area contributed by atoms with Crippen molar-refractivity contribution in [1.82, 2.24) is 5.32 Å². The molecule has 1 heterocycles. The van der Waals surface area contributed by atoms with E-state index in [9.17, 15) is 0 Å². The predicted molar refractivity (Wildman–Crippen MR) is 89.1 cm³/mol. The summed E-state index contributed by atoms with van der Waals surface area (Å²) in [4.78, 5) is 0. The number of fused-ring (bicyclic) bond motifs is 1. The molecule has 0 saturated heterocycles. The number of hydrogen-bond acceptors (Lipinski definition) is 3. The third-order valence-corrected chi connectivity index (χ3v) is 3.69. The Labute approximate surface area is 130 Å². The van der Waals surface area contributed by atoms with Crippen LogP contribution < -0.4 is 10.1 Å². The molecule has 0 spiro atoms. The van der Waals surface area contributed by atoms with E-state index >= 15 is 0 Å². The molecule has 3 heteroatoms. The first kappa shape index (κ1) is 14.7. The van der Waals surface area contributed by atoms with Gasteiger partial charge in [0.1, 0.15) is 17.1 Å².